The zero-order valence-corrected chi connectivity index (χ0v) is 15.9. The van der Waals surface area contributed by atoms with Gasteiger partial charge in [-0.1, -0.05) is 17.3 Å². The molecule has 0 aliphatic carbocycles. The largest absolute Gasteiger partial charge is 0.525 e. The molecule has 0 unspecified atom stereocenters. The maximum absolute atomic E-state index is 14.5. The van der Waals surface area contributed by atoms with Crippen LogP contribution in [0.15, 0.2) is 36.2 Å². The normalized spacial score (nSPS) is 19.3. The van der Waals surface area contributed by atoms with Crippen molar-refractivity contribution in [3.63, 3.8) is 0 Å². The van der Waals surface area contributed by atoms with E-state index in [9.17, 15) is 17.6 Å². The van der Waals surface area contributed by atoms with E-state index in [0.717, 1.165) is 18.2 Å². The summed E-state index contributed by atoms with van der Waals surface area (Å²) in [5, 5.41) is 7.66. The van der Waals surface area contributed by atoms with E-state index in [2.05, 4.69) is 10.3 Å². The van der Waals surface area contributed by atoms with Gasteiger partial charge in [-0.05, 0) is 51.5 Å². The number of hydrogen-bond acceptors (Lipinski definition) is 4. The molecule has 1 aliphatic rings. The van der Waals surface area contributed by atoms with Crippen molar-refractivity contribution >= 4 is 13.2 Å². The minimum Gasteiger partial charge on any atom is -0.398 e. The van der Waals surface area contributed by atoms with Crippen molar-refractivity contribution in [1.29, 1.82) is 0 Å². The maximum Gasteiger partial charge on any atom is 0.525 e. The summed E-state index contributed by atoms with van der Waals surface area (Å²) in [6.45, 7) is 7.32. The second kappa shape index (κ2) is 7.00. The Hall–Kier alpha value is -2.20. The third-order valence-electron chi connectivity index (χ3n) is 4.92. The van der Waals surface area contributed by atoms with Crippen LogP contribution in [0.1, 0.15) is 44.5 Å². The molecule has 28 heavy (non-hydrogen) atoms. The van der Waals surface area contributed by atoms with Gasteiger partial charge in [-0.25, -0.2) is 9.07 Å². The van der Waals surface area contributed by atoms with Crippen molar-refractivity contribution in [1.82, 2.24) is 15.0 Å². The summed E-state index contributed by atoms with van der Waals surface area (Å²) in [4.78, 5) is 0. The van der Waals surface area contributed by atoms with E-state index < -0.39 is 35.8 Å². The van der Waals surface area contributed by atoms with E-state index >= 15 is 0 Å². The molecule has 1 aromatic carbocycles. The van der Waals surface area contributed by atoms with Gasteiger partial charge in [0.2, 0.25) is 0 Å². The highest BCUT2D eigenvalue weighted by atomic mass is 19.4. The first-order valence-electron chi connectivity index (χ1n) is 8.66. The van der Waals surface area contributed by atoms with Gasteiger partial charge in [-0.2, -0.15) is 13.2 Å². The van der Waals surface area contributed by atoms with Crippen molar-refractivity contribution in [3.05, 3.63) is 53.0 Å². The number of nitrogens with zero attached hydrogens (tertiary/aromatic N) is 3. The Morgan fingerprint density at radius 2 is 1.82 bits per heavy atom. The smallest absolute Gasteiger partial charge is 0.398 e. The summed E-state index contributed by atoms with van der Waals surface area (Å²) < 4.78 is 65.5. The molecule has 0 bridgehead atoms. The number of hydrogen-bond donors (Lipinski definition) is 0. The van der Waals surface area contributed by atoms with Gasteiger partial charge in [-0.3, -0.25) is 0 Å². The first-order chi connectivity index (χ1) is 12.9. The zero-order chi connectivity index (χ0) is 20.7. The maximum atomic E-state index is 14.5. The van der Waals surface area contributed by atoms with Gasteiger partial charge in [0.25, 0.3) is 0 Å². The molecule has 150 valence electrons. The lowest BCUT2D eigenvalue weighted by molar-refractivity contribution is -0.137. The topological polar surface area (TPSA) is 49.2 Å². The van der Waals surface area contributed by atoms with Crippen LogP contribution in [0.25, 0.3) is 6.08 Å². The Morgan fingerprint density at radius 3 is 2.43 bits per heavy atom. The molecule has 0 saturated carbocycles. The molecule has 3 rings (SSSR count). The van der Waals surface area contributed by atoms with Gasteiger partial charge in [0.05, 0.1) is 29.5 Å². The molecular weight excluding hydrogens is 377 g/mol. The lowest BCUT2D eigenvalue weighted by Gasteiger charge is -2.32. The Bertz CT molecular complexity index is 877. The molecule has 1 fully saturated rings. The van der Waals surface area contributed by atoms with Crippen LogP contribution in [0.3, 0.4) is 0 Å². The van der Waals surface area contributed by atoms with Gasteiger partial charge in [0.1, 0.15) is 11.4 Å². The molecule has 1 aliphatic heterocycles. The Morgan fingerprint density at radius 1 is 1.18 bits per heavy atom. The summed E-state index contributed by atoms with van der Waals surface area (Å²) in [6, 6.07) is 4.92. The third-order valence-corrected chi connectivity index (χ3v) is 4.92. The Labute approximate surface area is 160 Å². The highest BCUT2D eigenvalue weighted by Gasteiger charge is 2.53. The van der Waals surface area contributed by atoms with Gasteiger partial charge in [0, 0.05) is 0 Å². The van der Waals surface area contributed by atoms with Gasteiger partial charge in [-0.15, -0.1) is 5.10 Å². The molecule has 2 heterocycles. The molecule has 0 N–H and O–H groups in total. The number of aromatic nitrogens is 3. The predicted octanol–water partition coefficient (Wildman–Crippen LogP) is 4.29. The minimum absolute atomic E-state index is 0.0723. The van der Waals surface area contributed by atoms with Gasteiger partial charge in [0.15, 0.2) is 0 Å². The number of alkyl halides is 3. The van der Waals surface area contributed by atoms with Crippen LogP contribution in [0, 0.1) is 0 Å². The number of benzene rings is 1. The van der Waals surface area contributed by atoms with E-state index in [1.807, 2.05) is 27.7 Å². The van der Waals surface area contributed by atoms with E-state index in [0.29, 0.717) is 5.56 Å². The fourth-order valence-electron chi connectivity index (χ4n) is 2.65. The van der Waals surface area contributed by atoms with Crippen LogP contribution >= 0.6 is 0 Å². The molecular formula is C18H20BF4N3O2. The molecule has 1 saturated heterocycles. The average Bonchev–Trinajstić information content (AvgIpc) is 3.08. The van der Waals surface area contributed by atoms with E-state index in [4.69, 9.17) is 9.31 Å². The zero-order valence-electron chi connectivity index (χ0n) is 15.9. The highest BCUT2D eigenvalue weighted by molar-refractivity contribution is 6.54. The van der Waals surface area contributed by atoms with Gasteiger partial charge < -0.3 is 9.31 Å². The van der Waals surface area contributed by atoms with Crippen molar-refractivity contribution in [2.24, 2.45) is 0 Å². The molecule has 0 spiro atoms. The van der Waals surface area contributed by atoms with Crippen LogP contribution in [0.5, 0.6) is 0 Å². The SMILES string of the molecule is CC1(C)OB(C(F)=Cc2cn(Cc3cccc(C(F)(F)F)c3)nn2)OC1(C)C. The molecule has 0 amide bonds. The van der Waals surface area contributed by atoms with Gasteiger partial charge >= 0.3 is 13.3 Å². The standard InChI is InChI=1S/C18H20BF4N3O2/c1-16(2)17(3,4)28-19(27-16)15(20)9-14-11-26(25-24-14)10-12-6-5-7-13(8-12)18(21,22)23/h5-9,11H,10H2,1-4H3. The fourth-order valence-corrected chi connectivity index (χ4v) is 2.65. The first-order valence-corrected chi connectivity index (χ1v) is 8.66. The summed E-state index contributed by atoms with van der Waals surface area (Å²) in [6.07, 6.45) is -1.85. The second-order valence-electron chi connectivity index (χ2n) is 7.66. The number of rotatable bonds is 4. The van der Waals surface area contributed by atoms with Crippen LogP contribution in [0.2, 0.25) is 0 Å². The molecule has 10 heteroatoms. The van der Waals surface area contributed by atoms with E-state index in [1.54, 1.807) is 6.07 Å². The highest BCUT2D eigenvalue weighted by Crippen LogP contribution is 2.39. The lowest BCUT2D eigenvalue weighted by Crippen LogP contribution is -2.41. The minimum atomic E-state index is -4.42. The molecule has 0 radical (unpaired) electrons. The van der Waals surface area contributed by atoms with Crippen molar-refractivity contribution in [2.75, 3.05) is 0 Å². The molecule has 2 aromatic rings. The number of halogens is 4. The van der Waals surface area contributed by atoms with E-state index in [-0.39, 0.29) is 12.2 Å². The molecule has 5 nitrogen and oxygen atoms in total. The molecule has 1 aromatic heterocycles. The lowest BCUT2D eigenvalue weighted by atomic mass is 9.87. The van der Waals surface area contributed by atoms with E-state index in [1.165, 1.54) is 16.9 Å². The summed E-state index contributed by atoms with van der Waals surface area (Å²) in [5.41, 5.74) is -2.14. The summed E-state index contributed by atoms with van der Waals surface area (Å²) >= 11 is 0. The summed E-state index contributed by atoms with van der Waals surface area (Å²) in [7, 11) is -1.15. The van der Waals surface area contributed by atoms with Crippen molar-refractivity contribution in [3.8, 4) is 0 Å². The van der Waals surface area contributed by atoms with Crippen molar-refractivity contribution < 1.29 is 26.9 Å². The first kappa shape index (κ1) is 20.5. The molecule has 0 atom stereocenters. The van der Waals surface area contributed by atoms with Crippen LogP contribution < -0.4 is 0 Å². The van der Waals surface area contributed by atoms with Crippen molar-refractivity contribution in [2.45, 2.75) is 51.6 Å². The Balaban J connectivity index is 1.72. The van der Waals surface area contributed by atoms with Crippen LogP contribution in [-0.4, -0.2) is 33.3 Å². The Kier molecular flexibility index (Phi) is 5.14. The fraction of sp³-hybridized carbons (Fsp3) is 0.444. The van der Waals surface area contributed by atoms with Crippen LogP contribution in [0.4, 0.5) is 17.6 Å². The average molecular weight is 397 g/mol. The quantitative estimate of drug-likeness (QED) is 0.571. The third kappa shape index (κ3) is 4.28. The second-order valence-corrected chi connectivity index (χ2v) is 7.66. The summed E-state index contributed by atoms with van der Waals surface area (Å²) in [5.74, 6) is 0. The van der Waals surface area contributed by atoms with Crippen LogP contribution in [-0.2, 0) is 22.0 Å². The monoisotopic (exact) mass is 397 g/mol. The predicted molar refractivity (Wildman–Crippen MR) is 95.7 cm³/mol.